The van der Waals surface area contributed by atoms with E-state index in [1.165, 1.54) is 12.8 Å². The summed E-state index contributed by atoms with van der Waals surface area (Å²) in [5.41, 5.74) is 2.67. The summed E-state index contributed by atoms with van der Waals surface area (Å²) in [4.78, 5) is 35.5. The molecule has 2 N–H and O–H groups in total. The van der Waals surface area contributed by atoms with Crippen LogP contribution in [0.25, 0.3) is 0 Å². The molecule has 0 bridgehead atoms. The van der Waals surface area contributed by atoms with Crippen molar-refractivity contribution in [1.82, 2.24) is 20.2 Å². The van der Waals surface area contributed by atoms with Crippen molar-refractivity contribution in [2.75, 3.05) is 19.8 Å². The fraction of sp³-hybridized carbons (Fsp3) is 0.455. The maximum absolute atomic E-state index is 13.0. The molecular weight excluding hydrogens is 420 g/mol. The Kier molecular flexibility index (Phi) is 6.38. The van der Waals surface area contributed by atoms with Crippen LogP contribution in [0.1, 0.15) is 53.0 Å². The number of halogens is 1. The van der Waals surface area contributed by atoms with E-state index in [1.807, 2.05) is 6.92 Å². The molecule has 1 fully saturated rings. The number of ether oxygens (including phenoxy) is 1. The van der Waals surface area contributed by atoms with Gasteiger partial charge in [0.1, 0.15) is 5.02 Å². The zero-order valence-corrected chi connectivity index (χ0v) is 18.1. The van der Waals surface area contributed by atoms with Crippen LogP contribution in [0.5, 0.6) is 5.88 Å². The summed E-state index contributed by atoms with van der Waals surface area (Å²) < 4.78 is 5.69. The van der Waals surface area contributed by atoms with Gasteiger partial charge in [-0.15, -0.1) is 0 Å². The van der Waals surface area contributed by atoms with Crippen molar-refractivity contribution in [1.29, 1.82) is 0 Å². The van der Waals surface area contributed by atoms with Crippen molar-refractivity contribution in [3.63, 3.8) is 0 Å². The summed E-state index contributed by atoms with van der Waals surface area (Å²) in [6.45, 7) is 2.95. The Labute approximate surface area is 185 Å². The molecule has 0 spiro atoms. The van der Waals surface area contributed by atoms with E-state index < -0.39 is 0 Å². The van der Waals surface area contributed by atoms with Gasteiger partial charge in [0.2, 0.25) is 11.8 Å². The van der Waals surface area contributed by atoms with Crippen LogP contribution in [0.3, 0.4) is 0 Å². The second-order valence-electron chi connectivity index (χ2n) is 7.95. The molecule has 2 aromatic rings. The van der Waals surface area contributed by atoms with Crippen LogP contribution in [-0.4, -0.2) is 51.5 Å². The van der Waals surface area contributed by atoms with E-state index in [1.54, 1.807) is 29.4 Å². The van der Waals surface area contributed by atoms with E-state index in [4.69, 9.17) is 21.4 Å². The van der Waals surface area contributed by atoms with Gasteiger partial charge in [0.15, 0.2) is 0 Å². The minimum absolute atomic E-state index is 0.0547. The number of fused-ring (bicyclic) bond motifs is 1. The molecule has 1 aliphatic carbocycles. The average Bonchev–Trinajstić information content (AvgIpc) is 3.53. The standard InChI is InChI=1S/C22H25ClN4O4/c1-13(15-8-18(23)21(26-10-15)31-12-14-2-3-14)27-11-17-16(22(27)30)4-5-24-19(17)9-20(29)25-6-7-28/h4-5,8,10,13-14,28H,2-3,6-7,9,11-12H2,1H3,(H,25,29). The Balaban J connectivity index is 1.48. The van der Waals surface area contributed by atoms with Crippen LogP contribution in [0.15, 0.2) is 24.5 Å². The maximum atomic E-state index is 13.0. The molecule has 1 unspecified atom stereocenters. The van der Waals surface area contributed by atoms with Crippen LogP contribution in [0, 0.1) is 5.92 Å². The second kappa shape index (κ2) is 9.20. The SMILES string of the molecule is CC(c1cnc(OCC2CC2)c(Cl)c1)N1Cc2c(ccnc2CC(=O)NCCO)C1=O. The lowest BCUT2D eigenvalue weighted by Crippen LogP contribution is -2.28. The summed E-state index contributed by atoms with van der Waals surface area (Å²) in [5, 5.41) is 11.9. The number of nitrogens with one attached hydrogen (secondary N) is 1. The number of aromatic nitrogens is 2. The van der Waals surface area contributed by atoms with Crippen LogP contribution >= 0.6 is 11.6 Å². The Bertz CT molecular complexity index is 995. The summed E-state index contributed by atoms with van der Waals surface area (Å²) in [6.07, 6.45) is 5.66. The first-order valence-electron chi connectivity index (χ1n) is 10.4. The fourth-order valence-electron chi connectivity index (χ4n) is 3.62. The van der Waals surface area contributed by atoms with Gasteiger partial charge in [-0.3, -0.25) is 14.6 Å². The van der Waals surface area contributed by atoms with E-state index in [0.29, 0.717) is 41.2 Å². The predicted molar refractivity (Wildman–Crippen MR) is 114 cm³/mol. The molecule has 1 atom stereocenters. The van der Waals surface area contributed by atoms with Crippen LogP contribution < -0.4 is 10.1 Å². The number of carbonyl (C=O) groups is 2. The molecule has 31 heavy (non-hydrogen) atoms. The van der Waals surface area contributed by atoms with E-state index in [9.17, 15) is 9.59 Å². The summed E-state index contributed by atoms with van der Waals surface area (Å²) in [7, 11) is 0. The van der Waals surface area contributed by atoms with Gasteiger partial charge in [0.05, 0.1) is 31.4 Å². The predicted octanol–water partition coefficient (Wildman–Crippen LogP) is 2.29. The van der Waals surface area contributed by atoms with Crippen LogP contribution in [-0.2, 0) is 17.8 Å². The third kappa shape index (κ3) is 4.80. The average molecular weight is 445 g/mol. The number of nitrogens with zero attached hydrogens (tertiary/aromatic N) is 3. The third-order valence-electron chi connectivity index (χ3n) is 5.66. The highest BCUT2D eigenvalue weighted by Gasteiger charge is 2.34. The molecule has 2 aromatic heterocycles. The van der Waals surface area contributed by atoms with Crippen molar-refractivity contribution in [2.24, 2.45) is 5.92 Å². The highest BCUT2D eigenvalue weighted by Crippen LogP contribution is 2.35. The lowest BCUT2D eigenvalue weighted by molar-refractivity contribution is -0.120. The number of aliphatic hydroxyl groups excluding tert-OH is 1. The van der Waals surface area contributed by atoms with E-state index in [0.717, 1.165) is 11.1 Å². The van der Waals surface area contributed by atoms with Gasteiger partial charge < -0.3 is 20.1 Å². The Morgan fingerprint density at radius 2 is 2.23 bits per heavy atom. The number of rotatable bonds is 9. The van der Waals surface area contributed by atoms with Gasteiger partial charge in [0.25, 0.3) is 5.91 Å². The van der Waals surface area contributed by atoms with E-state index >= 15 is 0 Å². The zero-order chi connectivity index (χ0) is 22.0. The molecule has 1 aliphatic heterocycles. The number of hydrogen-bond donors (Lipinski definition) is 2. The van der Waals surface area contributed by atoms with Crippen molar-refractivity contribution in [3.8, 4) is 5.88 Å². The first-order chi connectivity index (χ1) is 15.0. The first kappa shape index (κ1) is 21.5. The Morgan fingerprint density at radius 3 is 2.94 bits per heavy atom. The zero-order valence-electron chi connectivity index (χ0n) is 17.3. The van der Waals surface area contributed by atoms with Gasteiger partial charge >= 0.3 is 0 Å². The molecule has 0 radical (unpaired) electrons. The highest BCUT2D eigenvalue weighted by molar-refractivity contribution is 6.31. The minimum Gasteiger partial charge on any atom is -0.476 e. The fourth-order valence-corrected chi connectivity index (χ4v) is 3.85. The van der Waals surface area contributed by atoms with E-state index in [-0.39, 0.29) is 37.4 Å². The van der Waals surface area contributed by atoms with Gasteiger partial charge in [-0.05, 0) is 43.4 Å². The molecule has 2 amide bonds. The monoisotopic (exact) mass is 444 g/mol. The van der Waals surface area contributed by atoms with Crippen molar-refractivity contribution < 1.29 is 19.4 Å². The van der Waals surface area contributed by atoms with Crippen molar-refractivity contribution >= 4 is 23.4 Å². The smallest absolute Gasteiger partial charge is 0.255 e. The third-order valence-corrected chi connectivity index (χ3v) is 5.93. The van der Waals surface area contributed by atoms with E-state index in [2.05, 4.69) is 15.3 Å². The minimum atomic E-state index is -0.265. The van der Waals surface area contributed by atoms with Gasteiger partial charge in [-0.25, -0.2) is 4.98 Å². The second-order valence-corrected chi connectivity index (χ2v) is 8.36. The van der Waals surface area contributed by atoms with Crippen molar-refractivity contribution in [2.45, 2.75) is 38.8 Å². The Hall–Kier alpha value is -2.71. The van der Waals surface area contributed by atoms with Crippen LogP contribution in [0.2, 0.25) is 5.02 Å². The molecule has 9 heteroatoms. The maximum Gasteiger partial charge on any atom is 0.255 e. The molecule has 8 nitrogen and oxygen atoms in total. The van der Waals surface area contributed by atoms with Gasteiger partial charge in [0, 0.05) is 36.6 Å². The molecule has 164 valence electrons. The number of hydrogen-bond acceptors (Lipinski definition) is 6. The number of carbonyl (C=O) groups excluding carboxylic acids is 2. The van der Waals surface area contributed by atoms with Gasteiger partial charge in [-0.1, -0.05) is 11.6 Å². The molecule has 3 heterocycles. The quantitative estimate of drug-likeness (QED) is 0.614. The van der Waals surface area contributed by atoms with Crippen molar-refractivity contribution in [3.05, 3.63) is 51.9 Å². The Morgan fingerprint density at radius 1 is 1.42 bits per heavy atom. The molecule has 0 saturated heterocycles. The summed E-state index contributed by atoms with van der Waals surface area (Å²) >= 11 is 6.37. The number of amides is 2. The number of aliphatic hydroxyl groups is 1. The summed E-state index contributed by atoms with van der Waals surface area (Å²) in [5.74, 6) is 0.658. The molecule has 0 aromatic carbocycles. The number of pyridine rings is 2. The highest BCUT2D eigenvalue weighted by atomic mass is 35.5. The lowest BCUT2D eigenvalue weighted by Gasteiger charge is -2.25. The molecule has 1 saturated carbocycles. The molecular formula is C22H25ClN4O4. The largest absolute Gasteiger partial charge is 0.476 e. The first-order valence-corrected chi connectivity index (χ1v) is 10.8. The van der Waals surface area contributed by atoms with Gasteiger partial charge in [-0.2, -0.15) is 0 Å². The topological polar surface area (TPSA) is 105 Å². The molecule has 2 aliphatic rings. The normalized spacial score (nSPS) is 16.2. The summed E-state index contributed by atoms with van der Waals surface area (Å²) in [6, 6.07) is 3.21. The van der Waals surface area contributed by atoms with Crippen LogP contribution in [0.4, 0.5) is 0 Å². The lowest BCUT2D eigenvalue weighted by atomic mass is 10.1. The molecule has 4 rings (SSSR count).